The molecule has 0 heterocycles. The number of halogens is 1. The van der Waals surface area contributed by atoms with Gasteiger partial charge in [0.15, 0.2) is 9.84 Å². The van der Waals surface area contributed by atoms with Gasteiger partial charge in [-0.3, -0.25) is 4.90 Å². The molecule has 5 heteroatoms. The monoisotopic (exact) mass is 353 g/mol. The Balaban J connectivity index is 2.59. The third-order valence-corrected chi connectivity index (χ3v) is 6.98. The Morgan fingerprint density at radius 3 is 2.16 bits per heavy atom. The first kappa shape index (κ1) is 17.4. The summed E-state index contributed by atoms with van der Waals surface area (Å²) in [6.07, 6.45) is 6.36. The van der Waals surface area contributed by atoms with Crippen molar-refractivity contribution in [3.05, 3.63) is 0 Å². The van der Waals surface area contributed by atoms with Crippen LogP contribution in [0, 0.1) is 0 Å². The summed E-state index contributed by atoms with van der Waals surface area (Å²) in [5, 5.41) is 0.916. The number of hydrogen-bond acceptors (Lipinski definition) is 3. The van der Waals surface area contributed by atoms with E-state index >= 15 is 0 Å². The summed E-state index contributed by atoms with van der Waals surface area (Å²) < 4.78 is 23.8. The zero-order valence-corrected chi connectivity index (χ0v) is 14.9. The molecule has 114 valence electrons. The Bertz CT molecular complexity index is 356. The Morgan fingerprint density at radius 2 is 1.68 bits per heavy atom. The molecule has 0 spiro atoms. The van der Waals surface area contributed by atoms with Gasteiger partial charge in [-0.2, -0.15) is 0 Å². The van der Waals surface area contributed by atoms with E-state index in [1.54, 1.807) is 20.8 Å². The minimum atomic E-state index is -3.01. The number of alkyl halides is 1. The zero-order chi connectivity index (χ0) is 14.5. The minimum absolute atomic E-state index is 0.278. The molecule has 0 atom stereocenters. The lowest BCUT2D eigenvalue weighted by Gasteiger charge is -2.34. The van der Waals surface area contributed by atoms with Crippen LogP contribution >= 0.6 is 15.9 Å². The summed E-state index contributed by atoms with van der Waals surface area (Å²) in [6.45, 7) is 6.99. The molecule has 1 aliphatic carbocycles. The fraction of sp³-hybridized carbons (Fsp3) is 1.00. The highest BCUT2D eigenvalue weighted by Gasteiger charge is 2.30. The van der Waals surface area contributed by atoms with Gasteiger partial charge in [0.25, 0.3) is 0 Å². The summed E-state index contributed by atoms with van der Waals surface area (Å²) in [5.74, 6) is 0.278. The highest BCUT2D eigenvalue weighted by atomic mass is 79.9. The van der Waals surface area contributed by atoms with E-state index in [-0.39, 0.29) is 5.75 Å². The van der Waals surface area contributed by atoms with Crippen molar-refractivity contribution in [3.8, 4) is 0 Å². The van der Waals surface area contributed by atoms with E-state index in [9.17, 15) is 8.42 Å². The molecule has 1 saturated carbocycles. The van der Waals surface area contributed by atoms with Crippen LogP contribution in [0.4, 0.5) is 0 Å². The van der Waals surface area contributed by atoms with E-state index in [1.807, 2.05) is 0 Å². The highest BCUT2D eigenvalue weighted by molar-refractivity contribution is 9.09. The van der Waals surface area contributed by atoms with Crippen molar-refractivity contribution in [2.24, 2.45) is 0 Å². The van der Waals surface area contributed by atoms with Gasteiger partial charge >= 0.3 is 0 Å². The number of hydrogen-bond donors (Lipinski definition) is 0. The van der Waals surface area contributed by atoms with Crippen LogP contribution in [-0.4, -0.2) is 48.3 Å². The number of rotatable bonds is 6. The lowest BCUT2D eigenvalue weighted by molar-refractivity contribution is 0.174. The largest absolute Gasteiger partial charge is 0.299 e. The smallest absolute Gasteiger partial charge is 0.156 e. The molecule has 0 aliphatic heterocycles. The second kappa shape index (κ2) is 7.41. The molecule has 1 fully saturated rings. The lowest BCUT2D eigenvalue weighted by atomic mass is 9.94. The standard InChI is InChI=1S/C14H28BrNO2S/c1-14(2,3)19(17,18)12-11-16(10-9-15)13-7-5-4-6-8-13/h13H,4-12H2,1-3H3. The molecule has 0 radical (unpaired) electrons. The second-order valence-corrected chi connectivity index (χ2v) is 10.1. The first-order valence-electron chi connectivity index (χ1n) is 7.30. The van der Waals surface area contributed by atoms with Crippen molar-refractivity contribution in [3.63, 3.8) is 0 Å². The highest BCUT2D eigenvalue weighted by Crippen LogP contribution is 2.23. The van der Waals surface area contributed by atoms with Crippen LogP contribution < -0.4 is 0 Å². The number of sulfone groups is 1. The van der Waals surface area contributed by atoms with Gasteiger partial charge in [-0.05, 0) is 33.6 Å². The molecule has 19 heavy (non-hydrogen) atoms. The van der Waals surface area contributed by atoms with Crippen molar-refractivity contribution in [1.29, 1.82) is 0 Å². The van der Waals surface area contributed by atoms with Gasteiger partial charge in [-0.1, -0.05) is 35.2 Å². The molecule has 0 N–H and O–H groups in total. The average molecular weight is 354 g/mol. The topological polar surface area (TPSA) is 37.4 Å². The average Bonchev–Trinajstić information content (AvgIpc) is 2.34. The van der Waals surface area contributed by atoms with Crippen LogP contribution in [0.15, 0.2) is 0 Å². The van der Waals surface area contributed by atoms with Gasteiger partial charge in [0.1, 0.15) is 0 Å². The van der Waals surface area contributed by atoms with E-state index in [1.165, 1.54) is 32.1 Å². The van der Waals surface area contributed by atoms with Crippen LogP contribution in [0.2, 0.25) is 0 Å². The number of nitrogens with zero attached hydrogens (tertiary/aromatic N) is 1. The van der Waals surface area contributed by atoms with Crippen LogP contribution in [-0.2, 0) is 9.84 Å². The quantitative estimate of drug-likeness (QED) is 0.688. The van der Waals surface area contributed by atoms with E-state index in [2.05, 4.69) is 20.8 Å². The molecule has 0 aromatic carbocycles. The lowest BCUT2D eigenvalue weighted by Crippen LogP contribution is -2.43. The maximum absolute atomic E-state index is 12.2. The van der Waals surface area contributed by atoms with E-state index in [0.717, 1.165) is 11.9 Å². The molecule has 1 aliphatic rings. The summed E-state index contributed by atoms with van der Waals surface area (Å²) in [7, 11) is -3.01. The van der Waals surface area contributed by atoms with Crippen molar-refractivity contribution >= 4 is 25.8 Å². The normalized spacial score (nSPS) is 19.0. The molecular weight excluding hydrogens is 326 g/mol. The molecule has 0 aromatic heterocycles. The summed E-state index contributed by atoms with van der Waals surface area (Å²) in [6, 6.07) is 0.585. The third kappa shape index (κ3) is 5.35. The van der Waals surface area contributed by atoms with E-state index in [0.29, 0.717) is 12.6 Å². The predicted octanol–water partition coefficient (Wildman–Crippen LogP) is 3.23. The zero-order valence-electron chi connectivity index (χ0n) is 12.5. The summed E-state index contributed by atoms with van der Waals surface area (Å²) in [5.41, 5.74) is 0. The molecule has 0 bridgehead atoms. The molecule has 1 rings (SSSR count). The van der Waals surface area contributed by atoms with Crippen LogP contribution in [0.25, 0.3) is 0 Å². The fourth-order valence-electron chi connectivity index (χ4n) is 2.58. The minimum Gasteiger partial charge on any atom is -0.299 e. The molecular formula is C14H28BrNO2S. The molecule has 3 nitrogen and oxygen atoms in total. The maximum atomic E-state index is 12.2. The molecule has 0 saturated heterocycles. The summed E-state index contributed by atoms with van der Waals surface area (Å²) >= 11 is 3.49. The Labute approximate surface area is 127 Å². The van der Waals surface area contributed by atoms with Gasteiger partial charge in [-0.15, -0.1) is 0 Å². The first-order valence-corrected chi connectivity index (χ1v) is 10.1. The SMILES string of the molecule is CC(C)(C)S(=O)(=O)CCN(CCBr)C1CCCCC1. The second-order valence-electron chi connectivity index (χ2n) is 6.45. The molecule has 0 aromatic rings. The van der Waals surface area contributed by atoms with Crippen LogP contribution in [0.3, 0.4) is 0 Å². The Morgan fingerprint density at radius 1 is 1.11 bits per heavy atom. The molecule has 0 amide bonds. The van der Waals surface area contributed by atoms with Crippen LogP contribution in [0.1, 0.15) is 52.9 Å². The van der Waals surface area contributed by atoms with Gasteiger partial charge in [-0.25, -0.2) is 8.42 Å². The molecule has 0 unspecified atom stereocenters. The van der Waals surface area contributed by atoms with Crippen LogP contribution in [0.5, 0.6) is 0 Å². The summed E-state index contributed by atoms with van der Waals surface area (Å²) in [4.78, 5) is 2.37. The Kier molecular flexibility index (Phi) is 6.81. The first-order chi connectivity index (χ1) is 8.78. The van der Waals surface area contributed by atoms with Crippen molar-refractivity contribution in [1.82, 2.24) is 4.90 Å². The maximum Gasteiger partial charge on any atom is 0.156 e. The van der Waals surface area contributed by atoms with Gasteiger partial charge in [0.05, 0.1) is 10.5 Å². The van der Waals surface area contributed by atoms with Crippen molar-refractivity contribution in [2.45, 2.75) is 63.7 Å². The van der Waals surface area contributed by atoms with Gasteiger partial charge < -0.3 is 0 Å². The van der Waals surface area contributed by atoms with Crippen molar-refractivity contribution in [2.75, 3.05) is 24.2 Å². The van der Waals surface area contributed by atoms with Gasteiger partial charge in [0.2, 0.25) is 0 Å². The third-order valence-electron chi connectivity index (χ3n) is 4.04. The Hall–Kier alpha value is 0.390. The van der Waals surface area contributed by atoms with Gasteiger partial charge in [0, 0.05) is 24.5 Å². The predicted molar refractivity (Wildman–Crippen MR) is 85.8 cm³/mol. The van der Waals surface area contributed by atoms with E-state index in [4.69, 9.17) is 0 Å². The van der Waals surface area contributed by atoms with Crippen molar-refractivity contribution < 1.29 is 8.42 Å². The fourth-order valence-corrected chi connectivity index (χ4v) is 4.12. The van der Waals surface area contributed by atoms with E-state index < -0.39 is 14.6 Å².